The van der Waals surface area contributed by atoms with Gasteiger partial charge in [-0.25, -0.2) is 0 Å². The van der Waals surface area contributed by atoms with Crippen molar-refractivity contribution in [2.75, 3.05) is 13.2 Å². The van der Waals surface area contributed by atoms with Gasteiger partial charge in [0.05, 0.1) is 5.41 Å². The lowest BCUT2D eigenvalue weighted by Gasteiger charge is -2.22. The molecule has 0 unspecified atom stereocenters. The Morgan fingerprint density at radius 1 is 1.24 bits per heavy atom. The summed E-state index contributed by atoms with van der Waals surface area (Å²) >= 11 is 0. The first kappa shape index (κ1) is 10.4. The molecule has 0 aromatic heterocycles. The van der Waals surface area contributed by atoms with Crippen LogP contribution in [0.15, 0.2) is 12.1 Å². The summed E-state index contributed by atoms with van der Waals surface area (Å²) in [7, 11) is 0. The van der Waals surface area contributed by atoms with Gasteiger partial charge in [-0.15, -0.1) is 0 Å². The van der Waals surface area contributed by atoms with Crippen LogP contribution in [0.5, 0.6) is 11.5 Å². The maximum atomic E-state index is 11.3. The first-order valence-electron chi connectivity index (χ1n) is 5.78. The second kappa shape index (κ2) is 3.39. The molecular formula is C13H14O4. The van der Waals surface area contributed by atoms with E-state index in [0.29, 0.717) is 31.8 Å². The maximum absolute atomic E-state index is 11.3. The van der Waals surface area contributed by atoms with Crippen molar-refractivity contribution in [1.82, 2.24) is 0 Å². The molecule has 1 N–H and O–H groups in total. The summed E-state index contributed by atoms with van der Waals surface area (Å²) in [5.74, 6) is 0.653. The lowest BCUT2D eigenvalue weighted by atomic mass is 9.91. The molecule has 4 heteroatoms. The molecule has 3 rings (SSSR count). The zero-order valence-electron chi connectivity index (χ0n) is 9.66. The molecule has 1 aromatic rings. The van der Waals surface area contributed by atoms with Gasteiger partial charge in [-0.05, 0) is 43.0 Å². The standard InChI is InChI=1S/C13H14O4/c1-8-6-10-11(17-5-4-16-10)7-9(8)13(2-3-13)12(14)15/h6-7H,2-5H2,1H3,(H,14,15). The Bertz CT molecular complexity index is 488. The van der Waals surface area contributed by atoms with Gasteiger partial charge in [0.25, 0.3) is 0 Å². The van der Waals surface area contributed by atoms with Gasteiger partial charge in [-0.1, -0.05) is 0 Å². The zero-order valence-corrected chi connectivity index (χ0v) is 9.66. The van der Waals surface area contributed by atoms with E-state index in [4.69, 9.17) is 9.47 Å². The van der Waals surface area contributed by atoms with Crippen LogP contribution < -0.4 is 9.47 Å². The van der Waals surface area contributed by atoms with Crippen molar-refractivity contribution in [3.05, 3.63) is 23.3 Å². The summed E-state index contributed by atoms with van der Waals surface area (Å²) in [6, 6.07) is 3.72. The van der Waals surface area contributed by atoms with Crippen LogP contribution in [-0.2, 0) is 10.2 Å². The maximum Gasteiger partial charge on any atom is 0.314 e. The molecule has 1 aliphatic heterocycles. The predicted octanol–water partition coefficient (Wildman–Crippen LogP) is 1.88. The number of aliphatic carboxylic acids is 1. The largest absolute Gasteiger partial charge is 0.486 e. The highest BCUT2D eigenvalue weighted by molar-refractivity contribution is 5.85. The Morgan fingerprint density at radius 3 is 2.35 bits per heavy atom. The van der Waals surface area contributed by atoms with Crippen LogP contribution in [-0.4, -0.2) is 24.3 Å². The normalized spacial score (nSPS) is 19.8. The van der Waals surface area contributed by atoms with E-state index >= 15 is 0 Å². The fraction of sp³-hybridized carbons (Fsp3) is 0.462. The summed E-state index contributed by atoms with van der Waals surface area (Å²) < 4.78 is 11.0. The van der Waals surface area contributed by atoms with Gasteiger partial charge in [0, 0.05) is 0 Å². The first-order chi connectivity index (χ1) is 8.13. The number of carbonyl (C=O) groups is 1. The van der Waals surface area contributed by atoms with E-state index in [1.54, 1.807) is 0 Å². The van der Waals surface area contributed by atoms with Gasteiger partial charge in [-0.3, -0.25) is 4.79 Å². The summed E-state index contributed by atoms with van der Waals surface area (Å²) in [6.07, 6.45) is 1.42. The lowest BCUT2D eigenvalue weighted by molar-refractivity contribution is -0.140. The third-order valence-corrected chi connectivity index (χ3v) is 3.56. The number of carboxylic acids is 1. The fourth-order valence-corrected chi connectivity index (χ4v) is 2.43. The van der Waals surface area contributed by atoms with Gasteiger partial charge < -0.3 is 14.6 Å². The third kappa shape index (κ3) is 1.47. The van der Waals surface area contributed by atoms with E-state index in [9.17, 15) is 9.90 Å². The van der Waals surface area contributed by atoms with Crippen molar-refractivity contribution >= 4 is 5.97 Å². The van der Waals surface area contributed by atoms with Crippen molar-refractivity contribution in [3.8, 4) is 11.5 Å². The van der Waals surface area contributed by atoms with Gasteiger partial charge >= 0.3 is 5.97 Å². The van der Waals surface area contributed by atoms with Gasteiger partial charge in [-0.2, -0.15) is 0 Å². The van der Waals surface area contributed by atoms with Crippen LogP contribution in [0.25, 0.3) is 0 Å². The van der Waals surface area contributed by atoms with Crippen LogP contribution in [0.1, 0.15) is 24.0 Å². The minimum Gasteiger partial charge on any atom is -0.486 e. The van der Waals surface area contributed by atoms with Crippen LogP contribution in [0.3, 0.4) is 0 Å². The number of carboxylic acid groups (broad SMARTS) is 1. The SMILES string of the molecule is Cc1cc2c(cc1C1(C(=O)O)CC1)OCCO2. The Labute approximate surface area is 99.2 Å². The molecule has 1 heterocycles. The van der Waals surface area contributed by atoms with Gasteiger partial charge in [0.15, 0.2) is 11.5 Å². The first-order valence-corrected chi connectivity index (χ1v) is 5.78. The molecule has 17 heavy (non-hydrogen) atoms. The van der Waals surface area contributed by atoms with Crippen molar-refractivity contribution in [3.63, 3.8) is 0 Å². The molecule has 0 atom stereocenters. The Kier molecular flexibility index (Phi) is 2.08. The molecule has 0 saturated heterocycles. The molecular weight excluding hydrogens is 220 g/mol. The van der Waals surface area contributed by atoms with Gasteiger partial charge in [0.2, 0.25) is 0 Å². The number of ether oxygens (including phenoxy) is 2. The molecule has 90 valence electrons. The van der Waals surface area contributed by atoms with Crippen LogP contribution in [0.4, 0.5) is 0 Å². The molecule has 0 amide bonds. The summed E-state index contributed by atoms with van der Waals surface area (Å²) in [5, 5.41) is 9.31. The minimum absolute atomic E-state index is 0.523. The van der Waals surface area contributed by atoms with E-state index in [2.05, 4.69) is 0 Å². The number of fused-ring (bicyclic) bond motifs is 1. The number of hydrogen-bond donors (Lipinski definition) is 1. The molecule has 1 aliphatic carbocycles. The molecule has 1 fully saturated rings. The average molecular weight is 234 g/mol. The molecule has 2 aliphatic rings. The monoisotopic (exact) mass is 234 g/mol. The predicted molar refractivity (Wildman–Crippen MR) is 60.7 cm³/mol. The van der Waals surface area contributed by atoms with Crippen LogP contribution in [0, 0.1) is 6.92 Å². The topological polar surface area (TPSA) is 55.8 Å². The Balaban J connectivity index is 2.09. The summed E-state index contributed by atoms with van der Waals surface area (Å²) in [5.41, 5.74) is 1.16. The number of hydrogen-bond acceptors (Lipinski definition) is 3. The van der Waals surface area contributed by atoms with Crippen molar-refractivity contribution < 1.29 is 19.4 Å². The van der Waals surface area contributed by atoms with E-state index < -0.39 is 11.4 Å². The minimum atomic E-state index is -0.739. The molecule has 0 spiro atoms. The van der Waals surface area contributed by atoms with Crippen molar-refractivity contribution in [2.45, 2.75) is 25.2 Å². The third-order valence-electron chi connectivity index (χ3n) is 3.56. The quantitative estimate of drug-likeness (QED) is 0.848. The highest BCUT2D eigenvalue weighted by Crippen LogP contribution is 2.51. The lowest BCUT2D eigenvalue weighted by Crippen LogP contribution is -2.22. The molecule has 1 aromatic carbocycles. The average Bonchev–Trinajstić information content (AvgIpc) is 3.09. The van der Waals surface area contributed by atoms with Crippen molar-refractivity contribution in [1.29, 1.82) is 0 Å². The molecule has 1 saturated carbocycles. The molecule has 0 radical (unpaired) electrons. The number of aryl methyl sites for hydroxylation is 1. The van der Waals surface area contributed by atoms with E-state index in [1.165, 1.54) is 0 Å². The second-order valence-corrected chi connectivity index (χ2v) is 4.70. The Hall–Kier alpha value is -1.71. The molecule has 0 bridgehead atoms. The second-order valence-electron chi connectivity index (χ2n) is 4.70. The van der Waals surface area contributed by atoms with Crippen LogP contribution >= 0.6 is 0 Å². The van der Waals surface area contributed by atoms with E-state index in [0.717, 1.165) is 16.9 Å². The van der Waals surface area contributed by atoms with Crippen molar-refractivity contribution in [2.24, 2.45) is 0 Å². The summed E-state index contributed by atoms with van der Waals surface area (Å²) in [4.78, 5) is 11.3. The Morgan fingerprint density at radius 2 is 1.82 bits per heavy atom. The summed E-state index contributed by atoms with van der Waals surface area (Å²) in [6.45, 7) is 3.00. The highest BCUT2D eigenvalue weighted by atomic mass is 16.6. The van der Waals surface area contributed by atoms with Gasteiger partial charge in [0.1, 0.15) is 13.2 Å². The van der Waals surface area contributed by atoms with E-state index in [1.807, 2.05) is 19.1 Å². The fourth-order valence-electron chi connectivity index (χ4n) is 2.43. The highest BCUT2D eigenvalue weighted by Gasteiger charge is 2.52. The molecule has 4 nitrogen and oxygen atoms in total. The van der Waals surface area contributed by atoms with Crippen LogP contribution in [0.2, 0.25) is 0 Å². The van der Waals surface area contributed by atoms with E-state index in [-0.39, 0.29) is 0 Å². The smallest absolute Gasteiger partial charge is 0.314 e. The number of rotatable bonds is 2. The zero-order chi connectivity index (χ0) is 12.0. The number of benzene rings is 1.